The Balaban J connectivity index is 4.16. The molecule has 0 saturated heterocycles. The maximum absolute atomic E-state index is 6.32. The minimum Gasteiger partial charge on any atom is -0.374 e. The molecular formula is C57H124O15S20Si5. The lowest BCUT2D eigenvalue weighted by Crippen LogP contribution is -2.50. The van der Waals surface area contributed by atoms with Crippen molar-refractivity contribution in [2.75, 3.05) is 128 Å². The van der Waals surface area contributed by atoms with Crippen LogP contribution in [0.4, 0.5) is 0 Å². The molecule has 0 bridgehead atoms. The molecule has 1 fully saturated rings. The average molecular weight is 1830 g/mol. The Bertz CT molecular complexity index is 1610. The number of rotatable bonds is 70. The van der Waals surface area contributed by atoms with Gasteiger partial charge in [0.25, 0.3) is 0 Å². The zero-order valence-corrected chi connectivity index (χ0v) is 82.3. The van der Waals surface area contributed by atoms with E-state index in [1.807, 2.05) is 256 Å². The SMILES string of the molecule is CCO[Si](CCCSSSSC1CCCCCCCCCC(SSSSCCC[Si](OCC)(OCC)OCC)(SSSSCCC[Si](OCC)(OCC)OCC)C1(SSSSCCC[Si](OCC)(OCC)OCC)SSSSCCC[Si](OCC)(OCC)OCC)(OCC)OCC. The molecule has 1 saturated carbocycles. The van der Waals surface area contributed by atoms with Crippen molar-refractivity contribution in [3.8, 4) is 0 Å². The van der Waals surface area contributed by atoms with E-state index < -0.39 is 44.0 Å². The van der Waals surface area contributed by atoms with Gasteiger partial charge in [0, 0.05) is 163 Å². The van der Waals surface area contributed by atoms with Crippen molar-refractivity contribution in [1.82, 2.24) is 0 Å². The quantitative estimate of drug-likeness (QED) is 0.0247. The zero-order valence-electron chi connectivity index (χ0n) is 60.9. The van der Waals surface area contributed by atoms with Crippen LogP contribution in [-0.4, -0.2) is 185 Å². The van der Waals surface area contributed by atoms with Crippen LogP contribution in [-0.2, 0) is 66.4 Å². The van der Waals surface area contributed by atoms with Gasteiger partial charge in [0.05, 0.1) is 0 Å². The van der Waals surface area contributed by atoms with E-state index in [0.717, 1.165) is 110 Å². The first-order chi connectivity index (χ1) is 47.3. The van der Waals surface area contributed by atoms with Gasteiger partial charge in [-0.25, -0.2) is 0 Å². The van der Waals surface area contributed by atoms with Crippen LogP contribution in [0.2, 0.25) is 30.2 Å². The number of hydrogen-bond donors (Lipinski definition) is 0. The minimum atomic E-state index is -2.77. The van der Waals surface area contributed by atoms with Gasteiger partial charge in [-0.15, -0.1) is 0 Å². The van der Waals surface area contributed by atoms with Crippen LogP contribution in [0.3, 0.4) is 0 Å². The Hall–Kier alpha value is 7.48. The van der Waals surface area contributed by atoms with Crippen molar-refractivity contribution >= 4 is 250 Å². The predicted octanol–water partition coefficient (Wildman–Crippen LogP) is 25.9. The predicted molar refractivity (Wildman–Crippen MR) is 477 cm³/mol. The Morgan fingerprint density at radius 1 is 0.258 bits per heavy atom. The van der Waals surface area contributed by atoms with Crippen molar-refractivity contribution in [2.45, 2.75) is 237 Å². The highest BCUT2D eigenvalue weighted by Gasteiger charge is 2.60. The fourth-order valence-corrected chi connectivity index (χ4v) is 67.2. The monoisotopic (exact) mass is 1830 g/mol. The summed E-state index contributed by atoms with van der Waals surface area (Å²) in [6, 6.07) is 4.07. The van der Waals surface area contributed by atoms with E-state index in [-0.39, 0.29) is 13.4 Å². The summed E-state index contributed by atoms with van der Waals surface area (Å²) in [7, 11) is 26.5. The molecule has 1 rings (SSSR count). The molecule has 1 atom stereocenters. The molecule has 0 spiro atoms. The Morgan fingerprint density at radius 2 is 0.474 bits per heavy atom. The molecule has 582 valence electrons. The van der Waals surface area contributed by atoms with Crippen LogP contribution in [0.5, 0.6) is 0 Å². The van der Waals surface area contributed by atoms with Crippen LogP contribution >= 0.6 is 206 Å². The third kappa shape index (κ3) is 44.7. The van der Waals surface area contributed by atoms with E-state index in [1.54, 1.807) is 0 Å². The van der Waals surface area contributed by atoms with Gasteiger partial charge in [-0.2, -0.15) is 0 Å². The Morgan fingerprint density at radius 3 is 0.722 bits per heavy atom. The van der Waals surface area contributed by atoms with Gasteiger partial charge in [0.15, 0.2) is 0 Å². The highest BCUT2D eigenvalue weighted by Crippen LogP contribution is 2.77. The summed E-state index contributed by atoms with van der Waals surface area (Å²) in [6.45, 7) is 39.5. The molecule has 0 aromatic heterocycles. The second kappa shape index (κ2) is 67.9. The lowest BCUT2D eigenvalue weighted by atomic mass is 9.99. The van der Waals surface area contributed by atoms with Gasteiger partial charge in [-0.1, -0.05) is 153 Å². The van der Waals surface area contributed by atoms with Gasteiger partial charge in [0.2, 0.25) is 0 Å². The molecule has 0 aromatic rings. The van der Waals surface area contributed by atoms with Crippen molar-refractivity contribution < 1.29 is 66.4 Å². The summed E-state index contributed by atoms with van der Waals surface area (Å²) < 4.78 is 94.0. The van der Waals surface area contributed by atoms with Crippen LogP contribution in [0.15, 0.2) is 0 Å². The molecule has 1 aliphatic rings. The smallest absolute Gasteiger partial charge is 0.374 e. The molecular weight excluding hydrogens is 1710 g/mol. The van der Waals surface area contributed by atoms with E-state index in [4.69, 9.17) is 66.4 Å². The van der Waals surface area contributed by atoms with Gasteiger partial charge in [0.1, 0.15) is 8.16 Å². The standard InChI is InChI=1S/C57H124O15S20Si5/c1-16-58-93(59-17-2,60-18-3)50-38-45-73-83-88-78-55-43-36-34-32-31-33-35-37-44-56(79-89-84-74-46-39-51-94(61-19-4,62-20-5)63-21-6,80-90-85-75-47-40-52-95(64-22-7,65-23-8)66-24-9)57(55,81-91-86-76-48-41-53-96(67-25-10,68-26-11)69-27-12)82-92-87-77-49-42-54-97(70-28-13,71-29-14)72-30-15/h55H,16-54H2,1-15H3. The van der Waals surface area contributed by atoms with Gasteiger partial charge in [-0.05, 0) is 247 Å². The van der Waals surface area contributed by atoms with E-state index in [0.29, 0.717) is 99.1 Å². The minimum absolute atomic E-state index is 0.256. The summed E-state index contributed by atoms with van der Waals surface area (Å²) >= 11 is 0. The highest BCUT2D eigenvalue weighted by atomic mass is 33.7. The third-order valence-electron chi connectivity index (χ3n) is 13.6. The lowest BCUT2D eigenvalue weighted by Gasteiger charge is -2.50. The van der Waals surface area contributed by atoms with Gasteiger partial charge < -0.3 is 66.4 Å². The normalized spacial score (nSPS) is 16.3. The van der Waals surface area contributed by atoms with E-state index >= 15 is 0 Å². The molecule has 0 amide bonds. The molecule has 0 aliphatic heterocycles. The van der Waals surface area contributed by atoms with Crippen molar-refractivity contribution in [3.63, 3.8) is 0 Å². The van der Waals surface area contributed by atoms with E-state index in [1.165, 1.54) is 38.5 Å². The molecule has 1 aliphatic carbocycles. The Labute approximate surface area is 673 Å². The average Bonchev–Trinajstić information content (AvgIpc) is 0.751. The van der Waals surface area contributed by atoms with Crippen LogP contribution in [0.1, 0.15) is 194 Å². The van der Waals surface area contributed by atoms with Crippen molar-refractivity contribution in [1.29, 1.82) is 0 Å². The van der Waals surface area contributed by atoms with Gasteiger partial charge >= 0.3 is 44.0 Å². The molecule has 15 nitrogen and oxygen atoms in total. The fourth-order valence-electron chi connectivity index (χ4n) is 10.1. The second-order valence-corrected chi connectivity index (χ2v) is 65.9. The van der Waals surface area contributed by atoms with E-state index in [2.05, 4.69) is 54.0 Å². The summed E-state index contributed by atoms with van der Waals surface area (Å²) in [6.07, 6.45) is 15.7. The molecule has 97 heavy (non-hydrogen) atoms. The molecule has 40 heteroatoms. The highest BCUT2D eigenvalue weighted by molar-refractivity contribution is 9.31. The first kappa shape index (κ1) is 102. The molecule has 0 heterocycles. The fraction of sp³-hybridized carbons (Fsp3) is 1.00. The first-order valence-electron chi connectivity index (χ1n) is 35.1. The molecule has 0 radical (unpaired) electrons. The summed E-state index contributed by atoms with van der Waals surface area (Å²) in [5.41, 5.74) is 0. The first-order valence-corrected chi connectivity index (χ1v) is 69.7. The maximum atomic E-state index is 6.32. The summed E-state index contributed by atoms with van der Waals surface area (Å²) in [5, 5.41) is 0.287. The number of hydrogen-bond acceptors (Lipinski definition) is 35. The lowest BCUT2D eigenvalue weighted by molar-refractivity contribution is 0.0704. The molecule has 1 unspecified atom stereocenters. The maximum Gasteiger partial charge on any atom is 0.500 e. The summed E-state index contributed by atoms with van der Waals surface area (Å²) in [4.78, 5) is 0. The van der Waals surface area contributed by atoms with Crippen LogP contribution < -0.4 is 0 Å². The van der Waals surface area contributed by atoms with Crippen molar-refractivity contribution in [2.24, 2.45) is 0 Å². The van der Waals surface area contributed by atoms with Gasteiger partial charge in [-0.3, -0.25) is 0 Å². The molecule has 0 aromatic carbocycles. The molecule has 0 N–H and O–H groups in total. The zero-order chi connectivity index (χ0) is 71.4. The second-order valence-electron chi connectivity index (χ2n) is 20.6. The summed E-state index contributed by atoms with van der Waals surface area (Å²) in [5.74, 6) is 4.90. The van der Waals surface area contributed by atoms with Crippen LogP contribution in [0.25, 0.3) is 0 Å². The van der Waals surface area contributed by atoms with Crippen molar-refractivity contribution in [3.05, 3.63) is 0 Å². The Kier molecular flexibility index (Phi) is 71.8. The third-order valence-corrected chi connectivity index (χ3v) is 67.3. The van der Waals surface area contributed by atoms with Crippen LogP contribution in [0, 0.1) is 0 Å². The topological polar surface area (TPSA) is 138 Å². The van der Waals surface area contributed by atoms with E-state index in [9.17, 15) is 0 Å². The largest absolute Gasteiger partial charge is 0.500 e.